The fourth-order valence-corrected chi connectivity index (χ4v) is 1.95. The summed E-state index contributed by atoms with van der Waals surface area (Å²) in [6.45, 7) is 3.89. The van der Waals surface area contributed by atoms with E-state index in [-0.39, 0.29) is 18.4 Å². The fraction of sp³-hybridized carbons (Fsp3) is 0.455. The lowest BCUT2D eigenvalue weighted by Gasteiger charge is -2.18. The van der Waals surface area contributed by atoms with Gasteiger partial charge < -0.3 is 10.6 Å². The predicted molar refractivity (Wildman–Crippen MR) is 71.4 cm³/mol. The second kappa shape index (κ2) is 7.23. The Kier molecular flexibility index (Phi) is 7.18. The molecule has 1 rings (SSSR count). The Bertz CT molecular complexity index is 292. The van der Waals surface area contributed by atoms with E-state index in [0.29, 0.717) is 0 Å². The molecule has 0 radical (unpaired) electrons. The van der Waals surface area contributed by atoms with Gasteiger partial charge in [-0.1, -0.05) is 28.1 Å². The highest BCUT2D eigenvalue weighted by Crippen LogP contribution is 2.12. The molecule has 1 unspecified atom stereocenters. The summed E-state index contributed by atoms with van der Waals surface area (Å²) in [5, 5.41) is 0. The van der Waals surface area contributed by atoms with Gasteiger partial charge in [-0.3, -0.25) is 0 Å². The lowest BCUT2D eigenvalue weighted by molar-refractivity contribution is 0.310. The first-order chi connectivity index (χ1) is 6.58. The third-order valence-electron chi connectivity index (χ3n) is 1.94. The average molecular weight is 294 g/mol. The van der Waals surface area contributed by atoms with Crippen molar-refractivity contribution in [3.05, 3.63) is 34.3 Å². The Labute approximate surface area is 106 Å². The highest BCUT2D eigenvalue weighted by Gasteiger charge is 2.02. The molecule has 0 aliphatic heterocycles. The normalized spacial score (nSPS) is 12.3. The molecule has 0 amide bonds. The molecule has 86 valence electrons. The summed E-state index contributed by atoms with van der Waals surface area (Å²) in [6, 6.07) is 8.58. The van der Waals surface area contributed by atoms with Gasteiger partial charge in [-0.05, 0) is 31.7 Å². The van der Waals surface area contributed by atoms with E-state index >= 15 is 0 Å². The van der Waals surface area contributed by atoms with Crippen LogP contribution in [0.5, 0.6) is 0 Å². The first-order valence-electron chi connectivity index (χ1n) is 4.76. The Morgan fingerprint density at radius 2 is 2.13 bits per heavy atom. The second-order valence-electron chi connectivity index (χ2n) is 3.80. The zero-order valence-corrected chi connectivity index (χ0v) is 11.5. The zero-order valence-electron chi connectivity index (χ0n) is 9.11. The van der Waals surface area contributed by atoms with Crippen molar-refractivity contribution in [2.75, 3.05) is 13.6 Å². The van der Waals surface area contributed by atoms with E-state index in [1.807, 2.05) is 13.0 Å². The van der Waals surface area contributed by atoms with Gasteiger partial charge in [-0.25, -0.2) is 0 Å². The smallest absolute Gasteiger partial charge is 0.0231 e. The van der Waals surface area contributed by atoms with E-state index < -0.39 is 0 Å². The van der Waals surface area contributed by atoms with Crippen LogP contribution in [0.3, 0.4) is 0 Å². The molecule has 0 bridgehead atoms. The van der Waals surface area contributed by atoms with Gasteiger partial charge in [0.05, 0.1) is 0 Å². The summed E-state index contributed by atoms with van der Waals surface area (Å²) in [7, 11) is 2.09. The first-order valence-corrected chi connectivity index (χ1v) is 5.56. The predicted octanol–water partition coefficient (Wildman–Crippen LogP) is 2.65. The van der Waals surface area contributed by atoms with Crippen molar-refractivity contribution in [1.29, 1.82) is 0 Å². The monoisotopic (exact) mass is 292 g/mol. The van der Waals surface area contributed by atoms with Crippen molar-refractivity contribution < 1.29 is 0 Å². The minimum Gasteiger partial charge on any atom is -0.327 e. The molecule has 0 aromatic heterocycles. The van der Waals surface area contributed by atoms with Gasteiger partial charge in [-0.2, -0.15) is 0 Å². The quantitative estimate of drug-likeness (QED) is 0.925. The second-order valence-corrected chi connectivity index (χ2v) is 4.72. The topological polar surface area (TPSA) is 29.3 Å². The van der Waals surface area contributed by atoms with Gasteiger partial charge in [0.15, 0.2) is 0 Å². The van der Waals surface area contributed by atoms with Crippen molar-refractivity contribution in [3.8, 4) is 0 Å². The number of hydrogen-bond acceptors (Lipinski definition) is 2. The molecule has 1 aromatic carbocycles. The van der Waals surface area contributed by atoms with Crippen molar-refractivity contribution in [3.63, 3.8) is 0 Å². The number of nitrogens with zero attached hydrogens (tertiary/aromatic N) is 1. The van der Waals surface area contributed by atoms with Crippen LogP contribution in [0.25, 0.3) is 0 Å². The van der Waals surface area contributed by atoms with Crippen LogP contribution in [-0.2, 0) is 6.54 Å². The largest absolute Gasteiger partial charge is 0.327 e. The number of nitrogens with two attached hydrogens (primary N) is 1. The van der Waals surface area contributed by atoms with E-state index in [9.17, 15) is 0 Å². The van der Waals surface area contributed by atoms with Crippen LogP contribution in [-0.4, -0.2) is 24.5 Å². The number of halogens is 2. The summed E-state index contributed by atoms with van der Waals surface area (Å²) in [4.78, 5) is 2.23. The Hall–Kier alpha value is -0.0900. The van der Waals surface area contributed by atoms with Gasteiger partial charge in [0.25, 0.3) is 0 Å². The molecule has 0 aliphatic rings. The zero-order chi connectivity index (χ0) is 10.6. The molecule has 0 saturated carbocycles. The third kappa shape index (κ3) is 6.15. The molecule has 0 spiro atoms. The van der Waals surface area contributed by atoms with Crippen molar-refractivity contribution in [1.82, 2.24) is 4.90 Å². The third-order valence-corrected chi connectivity index (χ3v) is 2.43. The molecule has 1 aromatic rings. The van der Waals surface area contributed by atoms with Crippen LogP contribution in [0, 0.1) is 0 Å². The first kappa shape index (κ1) is 14.9. The van der Waals surface area contributed by atoms with E-state index in [1.54, 1.807) is 0 Å². The van der Waals surface area contributed by atoms with E-state index in [4.69, 9.17) is 5.73 Å². The molecular formula is C11H18BrClN2. The molecule has 1 atom stereocenters. The molecule has 0 fully saturated rings. The minimum atomic E-state index is 0. The fourth-order valence-electron chi connectivity index (χ4n) is 1.50. The summed E-state index contributed by atoms with van der Waals surface area (Å²) in [6.07, 6.45) is 0. The van der Waals surface area contributed by atoms with Crippen LogP contribution in [0.15, 0.2) is 28.7 Å². The van der Waals surface area contributed by atoms with Crippen LogP contribution in [0.4, 0.5) is 0 Å². The van der Waals surface area contributed by atoms with Crippen LogP contribution in [0.1, 0.15) is 12.5 Å². The molecule has 2 N–H and O–H groups in total. The standard InChI is InChI=1S/C11H17BrN2.ClH/c1-9(13)7-14(2)8-10-4-3-5-11(12)6-10;/h3-6,9H,7-8,13H2,1-2H3;1H. The molecule has 0 heterocycles. The van der Waals surface area contributed by atoms with Gasteiger partial charge in [-0.15, -0.1) is 12.4 Å². The Morgan fingerprint density at radius 3 is 2.67 bits per heavy atom. The number of likely N-dealkylation sites (N-methyl/N-ethyl adjacent to an activating group) is 1. The van der Waals surface area contributed by atoms with E-state index in [1.165, 1.54) is 5.56 Å². The average Bonchev–Trinajstić information content (AvgIpc) is 2.01. The van der Waals surface area contributed by atoms with Crippen LogP contribution < -0.4 is 5.73 Å². The molecule has 15 heavy (non-hydrogen) atoms. The Balaban J connectivity index is 0.00000196. The van der Waals surface area contributed by atoms with Gasteiger partial charge in [0.2, 0.25) is 0 Å². The number of hydrogen-bond donors (Lipinski definition) is 1. The molecule has 0 saturated heterocycles. The summed E-state index contributed by atoms with van der Waals surface area (Å²) >= 11 is 3.46. The number of rotatable bonds is 4. The maximum absolute atomic E-state index is 5.73. The summed E-state index contributed by atoms with van der Waals surface area (Å²) < 4.78 is 1.13. The van der Waals surface area contributed by atoms with Crippen molar-refractivity contribution in [2.45, 2.75) is 19.5 Å². The van der Waals surface area contributed by atoms with E-state index in [2.05, 4.69) is 46.1 Å². The summed E-state index contributed by atoms with van der Waals surface area (Å²) in [5.74, 6) is 0. The number of benzene rings is 1. The van der Waals surface area contributed by atoms with Crippen molar-refractivity contribution >= 4 is 28.3 Å². The van der Waals surface area contributed by atoms with Crippen molar-refractivity contribution in [2.24, 2.45) is 5.73 Å². The lowest BCUT2D eigenvalue weighted by atomic mass is 10.2. The highest BCUT2D eigenvalue weighted by atomic mass is 79.9. The minimum absolute atomic E-state index is 0. The van der Waals surface area contributed by atoms with Crippen LogP contribution >= 0.6 is 28.3 Å². The molecule has 4 heteroatoms. The summed E-state index contributed by atoms with van der Waals surface area (Å²) in [5.41, 5.74) is 7.03. The highest BCUT2D eigenvalue weighted by molar-refractivity contribution is 9.10. The van der Waals surface area contributed by atoms with E-state index in [0.717, 1.165) is 17.6 Å². The SMILES string of the molecule is CC(N)CN(C)Cc1cccc(Br)c1.Cl. The van der Waals surface area contributed by atoms with Gasteiger partial charge in [0.1, 0.15) is 0 Å². The molecular weight excluding hydrogens is 275 g/mol. The maximum Gasteiger partial charge on any atom is 0.0231 e. The van der Waals surface area contributed by atoms with Crippen LogP contribution in [0.2, 0.25) is 0 Å². The lowest BCUT2D eigenvalue weighted by Crippen LogP contribution is -2.32. The van der Waals surface area contributed by atoms with Gasteiger partial charge >= 0.3 is 0 Å². The van der Waals surface area contributed by atoms with Gasteiger partial charge in [0, 0.05) is 23.6 Å². The maximum atomic E-state index is 5.73. The molecule has 0 aliphatic carbocycles. The molecule has 2 nitrogen and oxygen atoms in total. The Morgan fingerprint density at radius 1 is 1.47 bits per heavy atom.